The lowest BCUT2D eigenvalue weighted by Crippen LogP contribution is -2.59. The highest BCUT2D eigenvalue weighted by atomic mass is 16.2. The molecule has 5 heteroatoms. The van der Waals surface area contributed by atoms with Crippen LogP contribution in [-0.4, -0.2) is 22.3 Å². The van der Waals surface area contributed by atoms with Crippen molar-refractivity contribution in [1.82, 2.24) is 10.3 Å². The van der Waals surface area contributed by atoms with E-state index in [2.05, 4.69) is 28.6 Å². The second-order valence-electron chi connectivity index (χ2n) is 11.8. The Bertz CT molecular complexity index is 1360. The monoisotopic (exact) mass is 505 g/mol. The summed E-state index contributed by atoms with van der Waals surface area (Å²) >= 11 is 0. The van der Waals surface area contributed by atoms with Gasteiger partial charge >= 0.3 is 0 Å². The van der Waals surface area contributed by atoms with Gasteiger partial charge in [0, 0.05) is 22.9 Å². The SMILES string of the molecule is C/C(=C\c1cc(C(=O)Nc2ccccn2)ccc1C)c1ccc(C(=O)NC23CC4CC(CC(C4)C2)C3)cc1. The van der Waals surface area contributed by atoms with Crippen LogP contribution in [0.15, 0.2) is 66.9 Å². The highest BCUT2D eigenvalue weighted by Gasteiger charge is 2.51. The van der Waals surface area contributed by atoms with Gasteiger partial charge in [-0.25, -0.2) is 4.98 Å². The van der Waals surface area contributed by atoms with E-state index in [1.807, 2.05) is 61.5 Å². The Labute approximate surface area is 224 Å². The lowest BCUT2D eigenvalue weighted by Gasteiger charge is -2.56. The number of hydrogen-bond donors (Lipinski definition) is 2. The number of carbonyl (C=O) groups is 2. The van der Waals surface area contributed by atoms with Crippen LogP contribution in [0.3, 0.4) is 0 Å². The van der Waals surface area contributed by atoms with E-state index in [0.717, 1.165) is 64.8 Å². The van der Waals surface area contributed by atoms with Gasteiger partial charge in [-0.1, -0.05) is 30.3 Å². The number of nitrogens with zero attached hydrogens (tertiary/aromatic N) is 1. The van der Waals surface area contributed by atoms with E-state index in [1.165, 1.54) is 19.3 Å². The molecule has 4 fully saturated rings. The standard InChI is InChI=1S/C33H35N3O2/c1-21-6-7-28(31(37)35-30-5-3-4-12-34-30)17-29(21)13-22(2)26-8-10-27(11-9-26)32(38)36-33-18-23-14-24(19-33)16-25(15-23)20-33/h3-13,17,23-25H,14-16,18-20H2,1-2H3,(H,36,38)(H,34,35,37)/b22-13+. The summed E-state index contributed by atoms with van der Waals surface area (Å²) in [6.45, 7) is 4.10. The number of hydrogen-bond acceptors (Lipinski definition) is 3. The third-order valence-electron chi connectivity index (χ3n) is 8.84. The van der Waals surface area contributed by atoms with Crippen molar-refractivity contribution in [3.63, 3.8) is 0 Å². The summed E-state index contributed by atoms with van der Waals surface area (Å²) in [5.74, 6) is 2.81. The third-order valence-corrected chi connectivity index (χ3v) is 8.84. The van der Waals surface area contributed by atoms with Gasteiger partial charge in [-0.3, -0.25) is 9.59 Å². The summed E-state index contributed by atoms with van der Waals surface area (Å²) in [6, 6.07) is 19.0. The first-order valence-electron chi connectivity index (χ1n) is 13.8. The Balaban J connectivity index is 1.15. The molecule has 0 spiro atoms. The average molecular weight is 506 g/mol. The molecular formula is C33H35N3O2. The molecular weight excluding hydrogens is 470 g/mol. The van der Waals surface area contributed by atoms with E-state index in [-0.39, 0.29) is 17.4 Å². The number of rotatable bonds is 6. The van der Waals surface area contributed by atoms with Gasteiger partial charge in [-0.2, -0.15) is 0 Å². The van der Waals surface area contributed by atoms with Crippen LogP contribution in [0.1, 0.15) is 82.9 Å². The van der Waals surface area contributed by atoms with Gasteiger partial charge in [0.2, 0.25) is 0 Å². The Hall–Kier alpha value is -3.73. The summed E-state index contributed by atoms with van der Waals surface area (Å²) in [5, 5.41) is 6.32. The van der Waals surface area contributed by atoms with Crippen molar-refractivity contribution in [2.75, 3.05) is 5.32 Å². The number of aromatic nitrogens is 1. The van der Waals surface area contributed by atoms with E-state index in [0.29, 0.717) is 11.4 Å². The van der Waals surface area contributed by atoms with Crippen molar-refractivity contribution in [2.24, 2.45) is 17.8 Å². The zero-order valence-electron chi connectivity index (χ0n) is 22.2. The maximum atomic E-state index is 13.2. The molecule has 4 aliphatic carbocycles. The van der Waals surface area contributed by atoms with Gasteiger partial charge in [-0.05, 0) is 129 Å². The minimum absolute atomic E-state index is 0.0196. The summed E-state index contributed by atoms with van der Waals surface area (Å²) in [7, 11) is 0. The molecule has 194 valence electrons. The van der Waals surface area contributed by atoms with E-state index in [9.17, 15) is 9.59 Å². The molecule has 4 saturated carbocycles. The molecule has 5 nitrogen and oxygen atoms in total. The number of benzene rings is 2. The number of amides is 2. The quantitative estimate of drug-likeness (QED) is 0.358. The molecule has 0 atom stereocenters. The van der Waals surface area contributed by atoms with Crippen molar-refractivity contribution in [2.45, 2.75) is 57.9 Å². The number of pyridine rings is 1. The van der Waals surface area contributed by atoms with E-state index >= 15 is 0 Å². The molecule has 0 unspecified atom stereocenters. The molecule has 1 heterocycles. The maximum absolute atomic E-state index is 13.2. The summed E-state index contributed by atoms with van der Waals surface area (Å²) in [6.07, 6.45) is 11.3. The van der Waals surface area contributed by atoms with E-state index in [4.69, 9.17) is 0 Å². The van der Waals surface area contributed by atoms with Crippen LogP contribution in [-0.2, 0) is 0 Å². The topological polar surface area (TPSA) is 71.1 Å². The Morgan fingerprint density at radius 3 is 2.11 bits per heavy atom. The predicted octanol–water partition coefficient (Wildman–Crippen LogP) is 6.90. The average Bonchev–Trinajstić information content (AvgIpc) is 2.89. The molecule has 0 saturated heterocycles. The second-order valence-corrected chi connectivity index (χ2v) is 11.8. The normalized spacial score (nSPS) is 25.7. The molecule has 1 aromatic heterocycles. The van der Waals surface area contributed by atoms with Gasteiger partial charge < -0.3 is 10.6 Å². The smallest absolute Gasteiger partial charge is 0.256 e. The molecule has 38 heavy (non-hydrogen) atoms. The van der Waals surface area contributed by atoms with Crippen LogP contribution in [0.25, 0.3) is 11.6 Å². The number of aryl methyl sites for hydroxylation is 1. The number of anilines is 1. The summed E-state index contributed by atoms with van der Waals surface area (Å²) in [4.78, 5) is 30.1. The molecule has 0 aliphatic heterocycles. The van der Waals surface area contributed by atoms with Gasteiger partial charge in [0.05, 0.1) is 0 Å². The van der Waals surface area contributed by atoms with Crippen molar-refractivity contribution < 1.29 is 9.59 Å². The predicted molar refractivity (Wildman–Crippen MR) is 152 cm³/mol. The first kappa shape index (κ1) is 24.6. The van der Waals surface area contributed by atoms with Crippen LogP contribution in [0.2, 0.25) is 0 Å². The fraction of sp³-hybridized carbons (Fsp3) is 0.364. The van der Waals surface area contributed by atoms with Crippen LogP contribution < -0.4 is 10.6 Å². The highest BCUT2D eigenvalue weighted by Crippen LogP contribution is 2.55. The molecule has 7 rings (SSSR count). The van der Waals surface area contributed by atoms with Gasteiger partial charge in [0.25, 0.3) is 11.8 Å². The Kier molecular flexibility index (Phi) is 6.38. The van der Waals surface area contributed by atoms with E-state index in [1.54, 1.807) is 12.3 Å². The highest BCUT2D eigenvalue weighted by molar-refractivity contribution is 6.04. The lowest BCUT2D eigenvalue weighted by atomic mass is 9.53. The fourth-order valence-corrected chi connectivity index (χ4v) is 7.34. The van der Waals surface area contributed by atoms with Gasteiger partial charge in [-0.15, -0.1) is 0 Å². The van der Waals surface area contributed by atoms with Crippen molar-refractivity contribution in [3.05, 3.63) is 94.7 Å². The molecule has 2 aromatic carbocycles. The van der Waals surface area contributed by atoms with Crippen LogP contribution in [0.5, 0.6) is 0 Å². The third kappa shape index (κ3) is 5.02. The minimum Gasteiger partial charge on any atom is -0.347 e. The lowest BCUT2D eigenvalue weighted by molar-refractivity contribution is -0.0167. The first-order valence-corrected chi connectivity index (χ1v) is 13.8. The zero-order chi connectivity index (χ0) is 26.3. The summed E-state index contributed by atoms with van der Waals surface area (Å²) in [5.41, 5.74) is 5.53. The molecule has 3 aromatic rings. The molecule has 4 aliphatic rings. The van der Waals surface area contributed by atoms with Crippen molar-refractivity contribution >= 4 is 29.3 Å². The minimum atomic E-state index is -0.189. The van der Waals surface area contributed by atoms with Crippen molar-refractivity contribution in [1.29, 1.82) is 0 Å². The summed E-state index contributed by atoms with van der Waals surface area (Å²) < 4.78 is 0. The van der Waals surface area contributed by atoms with Crippen LogP contribution in [0.4, 0.5) is 5.82 Å². The maximum Gasteiger partial charge on any atom is 0.256 e. The first-order chi connectivity index (χ1) is 18.4. The molecule has 2 amide bonds. The largest absolute Gasteiger partial charge is 0.347 e. The number of nitrogens with one attached hydrogen (secondary N) is 2. The number of allylic oxidation sites excluding steroid dienone is 1. The van der Waals surface area contributed by atoms with Gasteiger partial charge in [0.15, 0.2) is 0 Å². The zero-order valence-corrected chi connectivity index (χ0v) is 22.2. The van der Waals surface area contributed by atoms with Crippen LogP contribution >= 0.6 is 0 Å². The fourth-order valence-electron chi connectivity index (χ4n) is 7.34. The molecule has 0 radical (unpaired) electrons. The van der Waals surface area contributed by atoms with Crippen molar-refractivity contribution in [3.8, 4) is 0 Å². The Morgan fingerprint density at radius 2 is 1.47 bits per heavy atom. The Morgan fingerprint density at radius 1 is 0.842 bits per heavy atom. The number of carbonyl (C=O) groups excluding carboxylic acids is 2. The second kappa shape index (κ2) is 9.86. The molecule has 2 N–H and O–H groups in total. The van der Waals surface area contributed by atoms with E-state index < -0.39 is 0 Å². The van der Waals surface area contributed by atoms with Crippen LogP contribution in [0, 0.1) is 24.7 Å². The van der Waals surface area contributed by atoms with Gasteiger partial charge in [0.1, 0.15) is 5.82 Å². The molecule has 4 bridgehead atoms.